The van der Waals surface area contributed by atoms with Crippen LogP contribution in [0.3, 0.4) is 0 Å². The third-order valence-electron chi connectivity index (χ3n) is 5.32. The smallest absolute Gasteiger partial charge is 0.121 e. The average molecular weight is 377 g/mol. The van der Waals surface area contributed by atoms with Gasteiger partial charge in [0.15, 0.2) is 0 Å². The van der Waals surface area contributed by atoms with E-state index in [-0.39, 0.29) is 8.41 Å². The summed E-state index contributed by atoms with van der Waals surface area (Å²) in [7, 11) is 0. The summed E-state index contributed by atoms with van der Waals surface area (Å²) < 4.78 is 0.886. The van der Waals surface area contributed by atoms with Crippen LogP contribution in [-0.4, -0.2) is 38.8 Å². The summed E-state index contributed by atoms with van der Waals surface area (Å²) in [4.78, 5) is 6.99. The summed E-state index contributed by atoms with van der Waals surface area (Å²) in [5.41, 5.74) is 1.41. The minimum absolute atomic E-state index is 0. The van der Waals surface area contributed by atoms with Gasteiger partial charge in [0, 0.05) is 6.42 Å². The molecule has 0 saturated heterocycles. The van der Waals surface area contributed by atoms with Crippen molar-refractivity contribution in [3.05, 3.63) is 35.9 Å². The normalized spacial score (nSPS) is 12.6. The zero-order chi connectivity index (χ0) is 19.1. The van der Waals surface area contributed by atoms with E-state index in [2.05, 4.69) is 58.0 Å². The predicted molar refractivity (Wildman–Crippen MR) is 125 cm³/mol. The molecule has 0 aliphatic carbocycles. The van der Waals surface area contributed by atoms with Gasteiger partial charge in [0.2, 0.25) is 0 Å². The first-order chi connectivity index (χ1) is 12.7. The topological polar surface area (TPSA) is 9.23 Å². The molecule has 1 unspecified atom stereocenters. The summed E-state index contributed by atoms with van der Waals surface area (Å²) in [5, 5.41) is 0. The van der Waals surface area contributed by atoms with Gasteiger partial charge in [0.25, 0.3) is 0 Å². The Morgan fingerprint density at radius 2 is 1.22 bits per heavy atom. The van der Waals surface area contributed by atoms with E-state index < -0.39 is 0 Å². The second-order valence-electron chi connectivity index (χ2n) is 7.85. The van der Waals surface area contributed by atoms with Crippen molar-refractivity contribution in [1.82, 2.24) is 0 Å². The van der Waals surface area contributed by atoms with Crippen LogP contribution in [0.2, 0.25) is 0 Å². The number of benzene rings is 1. The van der Waals surface area contributed by atoms with Crippen LogP contribution in [0.15, 0.2) is 30.3 Å². The molecule has 0 saturated carbocycles. The molecule has 27 heavy (non-hydrogen) atoms. The lowest BCUT2D eigenvalue weighted by Crippen LogP contribution is -2.52. The first kappa shape index (κ1) is 26.2. The average Bonchev–Trinajstić information content (AvgIpc) is 2.68. The third kappa shape index (κ3) is 11.0. The minimum Gasteiger partial charge on any atom is -0.199 e. The van der Waals surface area contributed by atoms with E-state index in [1.54, 1.807) is 0 Å². The highest BCUT2D eigenvalue weighted by Gasteiger charge is 2.32. The second kappa shape index (κ2) is 16.2. The van der Waals surface area contributed by atoms with Crippen molar-refractivity contribution < 1.29 is 9.48 Å². The molecule has 3 heteroatoms. The van der Waals surface area contributed by atoms with Crippen molar-refractivity contribution in [2.24, 2.45) is 0 Å². The molecule has 0 aromatic heterocycles. The molecule has 0 amide bonds. The lowest BCUT2D eigenvalue weighted by atomic mass is 10.0. The van der Waals surface area contributed by atoms with Crippen LogP contribution in [0.1, 0.15) is 91.0 Å². The van der Waals surface area contributed by atoms with E-state index in [1.807, 2.05) is 0 Å². The highest BCUT2D eigenvalue weighted by atomic mass is 16.7. The zero-order valence-electron chi connectivity index (χ0n) is 18.0. The van der Waals surface area contributed by atoms with Gasteiger partial charge >= 0.3 is 0 Å². The molecule has 1 atom stereocenters. The number of hydrogen-bond acceptors (Lipinski definition) is 1. The molecule has 1 aromatic carbocycles. The van der Waals surface area contributed by atoms with Gasteiger partial charge in [0.1, 0.15) is 25.7 Å². The fourth-order valence-corrected chi connectivity index (χ4v) is 3.65. The van der Waals surface area contributed by atoms with Gasteiger partial charge in [-0.3, -0.25) is 0 Å². The zero-order valence-corrected chi connectivity index (χ0v) is 18.0. The summed E-state index contributed by atoms with van der Waals surface area (Å²) in [6, 6.07) is 10.9. The molecule has 1 aromatic rings. The Kier molecular flexibility index (Phi) is 15.7. The van der Waals surface area contributed by atoms with Crippen molar-refractivity contribution in [3.63, 3.8) is 0 Å². The predicted octanol–water partition coefficient (Wildman–Crippen LogP) is 5.49. The molecule has 0 bridgehead atoms. The number of rotatable bonds is 16. The summed E-state index contributed by atoms with van der Waals surface area (Å²) in [6.07, 6.45) is 12.6. The Bertz CT molecular complexity index is 415. The van der Waals surface area contributed by atoms with E-state index >= 15 is 0 Å². The van der Waals surface area contributed by atoms with Gasteiger partial charge in [-0.25, -0.2) is 0 Å². The number of unbranched alkanes of at least 4 members (excludes halogenated alkanes) is 4. The lowest BCUT2D eigenvalue weighted by Gasteiger charge is -2.39. The van der Waals surface area contributed by atoms with Crippen molar-refractivity contribution >= 4 is 8.41 Å². The molecule has 0 spiro atoms. The van der Waals surface area contributed by atoms with Gasteiger partial charge < -0.3 is 0 Å². The molecule has 0 aliphatic rings. The molecule has 0 radical (unpaired) electrons. The highest BCUT2D eigenvalue weighted by molar-refractivity contribution is 5.75. The second-order valence-corrected chi connectivity index (χ2v) is 7.85. The van der Waals surface area contributed by atoms with Crippen molar-refractivity contribution in [3.8, 4) is 0 Å². The van der Waals surface area contributed by atoms with Crippen molar-refractivity contribution in [2.45, 2.75) is 98.0 Å². The Hall–Kier alpha value is -0.795. The van der Waals surface area contributed by atoms with Crippen LogP contribution in [0, 0.1) is 0 Å². The minimum atomic E-state index is 0. The molecule has 0 N–H and O–H groups in total. The maximum Gasteiger partial charge on any atom is 0.121 e. The molecule has 158 valence electrons. The van der Waals surface area contributed by atoms with Crippen LogP contribution in [0.5, 0.6) is 0 Å². The Labute approximate surface area is 171 Å². The third-order valence-corrected chi connectivity index (χ3v) is 5.32. The molecule has 0 fully saturated rings. The van der Waals surface area contributed by atoms with Gasteiger partial charge in [-0.2, -0.15) is 9.48 Å². The van der Waals surface area contributed by atoms with Gasteiger partial charge in [-0.15, -0.1) is 0 Å². The lowest BCUT2D eigenvalue weighted by molar-refractivity contribution is -1.11. The van der Waals surface area contributed by atoms with E-state index in [1.165, 1.54) is 83.0 Å². The van der Waals surface area contributed by atoms with Gasteiger partial charge in [0.05, 0.1) is 0 Å². The maximum atomic E-state index is 6.99. The monoisotopic (exact) mass is 377 g/mol. The number of quaternary nitrogens is 1. The molecule has 0 aliphatic heterocycles. The Morgan fingerprint density at radius 1 is 0.741 bits per heavy atom. The van der Waals surface area contributed by atoms with Crippen LogP contribution in [-0.2, 0) is 11.3 Å². The Morgan fingerprint density at radius 3 is 1.67 bits per heavy atom. The van der Waals surface area contributed by atoms with Crippen LogP contribution < -0.4 is 0 Å². The van der Waals surface area contributed by atoms with Crippen LogP contribution in [0.25, 0.3) is 0 Å². The first-order valence-electron chi connectivity index (χ1n) is 11.3. The van der Waals surface area contributed by atoms with Crippen LogP contribution in [0.4, 0.5) is 0 Å². The largest absolute Gasteiger partial charge is 0.199 e. The van der Waals surface area contributed by atoms with Crippen molar-refractivity contribution in [1.29, 1.82) is 0 Å². The molecular formula is C24H48BNO. The Balaban J connectivity index is 0.00000676. The fraction of sp³-hybridized carbons (Fsp3) is 0.750. The first-order valence-corrected chi connectivity index (χ1v) is 11.3. The SMILES string of the molecule is CCCCC(Cc1ccccc1)O[N+](CCCC)(CCCC)CCCC.[BH4-]. The highest BCUT2D eigenvalue weighted by Crippen LogP contribution is 2.22. The standard InChI is InChI=1S/C24H44NO.BH4/c1-5-9-18-24(22-23-16-14-13-15-17-23)26-25(19-10-6-2,20-11-7-3)21-12-8-4;/h13-17,24H,5-12,18-22H2,1-4H3;1H4/q+1;-1. The summed E-state index contributed by atoms with van der Waals surface area (Å²) in [5.74, 6) is 0. The number of hydroxylamine groups is 3. The number of hydrogen-bond donors (Lipinski definition) is 0. The van der Waals surface area contributed by atoms with E-state index in [0.717, 1.165) is 11.1 Å². The molecule has 0 heterocycles. The van der Waals surface area contributed by atoms with E-state index in [4.69, 9.17) is 4.84 Å². The molecule has 2 nitrogen and oxygen atoms in total. The quantitative estimate of drug-likeness (QED) is 0.210. The van der Waals surface area contributed by atoms with Gasteiger partial charge in [-0.05, 0) is 31.2 Å². The number of nitrogens with zero attached hydrogens (tertiary/aromatic N) is 1. The van der Waals surface area contributed by atoms with E-state index in [9.17, 15) is 0 Å². The van der Waals surface area contributed by atoms with E-state index in [0.29, 0.717) is 6.10 Å². The van der Waals surface area contributed by atoms with Crippen molar-refractivity contribution in [2.75, 3.05) is 19.6 Å². The maximum absolute atomic E-state index is 6.99. The molecular weight excluding hydrogens is 329 g/mol. The van der Waals surface area contributed by atoms with Crippen LogP contribution >= 0.6 is 0 Å². The summed E-state index contributed by atoms with van der Waals surface area (Å²) >= 11 is 0. The summed E-state index contributed by atoms with van der Waals surface area (Å²) in [6.45, 7) is 12.7. The fourth-order valence-electron chi connectivity index (χ4n) is 3.65. The van der Waals surface area contributed by atoms with Gasteiger partial charge in [-0.1, -0.05) is 98.5 Å². The molecule has 1 rings (SSSR count).